The Morgan fingerprint density at radius 1 is 1.28 bits per heavy atom. The summed E-state index contributed by atoms with van der Waals surface area (Å²) in [7, 11) is 0. The van der Waals surface area contributed by atoms with Gasteiger partial charge in [0.05, 0.1) is 16.9 Å². The number of benzene rings is 1. The van der Waals surface area contributed by atoms with Crippen molar-refractivity contribution in [3.05, 3.63) is 59.0 Å². The fraction of sp³-hybridized carbons (Fsp3) is 0.188. The number of aryl methyl sites for hydroxylation is 1. The highest BCUT2D eigenvalue weighted by atomic mass is 35.5. The van der Waals surface area contributed by atoms with Crippen LogP contribution in [0.4, 0.5) is 8.78 Å². The minimum Gasteiger partial charge on any atom is -0.471 e. The van der Waals surface area contributed by atoms with Crippen LogP contribution in [0.2, 0.25) is 5.02 Å². The Labute approximate surface area is 147 Å². The van der Waals surface area contributed by atoms with Crippen molar-refractivity contribution in [2.24, 2.45) is 0 Å². The van der Waals surface area contributed by atoms with Crippen LogP contribution in [-0.2, 0) is 6.61 Å². The highest BCUT2D eigenvalue weighted by Crippen LogP contribution is 2.28. The summed E-state index contributed by atoms with van der Waals surface area (Å²) >= 11 is 5.83. The first-order valence-electron chi connectivity index (χ1n) is 7.23. The van der Waals surface area contributed by atoms with Gasteiger partial charge in [-0.3, -0.25) is 0 Å². The Bertz CT molecular complexity index is 873. The van der Waals surface area contributed by atoms with Gasteiger partial charge >= 0.3 is 6.61 Å². The molecule has 0 aliphatic carbocycles. The maximum Gasteiger partial charge on any atom is 0.387 e. The molecule has 0 fully saturated rings. The van der Waals surface area contributed by atoms with Crippen LogP contribution in [-0.4, -0.2) is 26.6 Å². The lowest BCUT2D eigenvalue weighted by Crippen LogP contribution is -2.03. The van der Waals surface area contributed by atoms with Gasteiger partial charge in [0, 0.05) is 17.8 Å². The summed E-state index contributed by atoms with van der Waals surface area (Å²) in [5, 5.41) is 8.02. The van der Waals surface area contributed by atoms with Crippen molar-refractivity contribution >= 4 is 11.6 Å². The maximum atomic E-state index is 12.4. The van der Waals surface area contributed by atoms with Crippen LogP contribution in [0.1, 0.15) is 11.3 Å². The number of nitrogens with zero attached hydrogens (tertiary/aromatic N) is 4. The van der Waals surface area contributed by atoms with E-state index in [0.717, 1.165) is 5.56 Å². The molecule has 0 aliphatic heterocycles. The molecule has 130 valence electrons. The standard InChI is InChI=1S/C16H13ClF2N4O2/c1-10-3-2-6-20-15(10)24-9-11-8-23(22-21-11)12-4-5-13(17)14(7-12)25-16(18)19/h2-8,16H,9H2,1H3. The SMILES string of the molecule is Cc1cccnc1OCc1cn(-c2ccc(Cl)c(OC(F)F)c2)nn1. The van der Waals surface area contributed by atoms with E-state index in [-0.39, 0.29) is 17.4 Å². The molecule has 0 spiro atoms. The zero-order valence-electron chi connectivity index (χ0n) is 13.1. The van der Waals surface area contributed by atoms with Crippen molar-refractivity contribution in [2.45, 2.75) is 20.1 Å². The average Bonchev–Trinajstić information content (AvgIpc) is 3.05. The van der Waals surface area contributed by atoms with Gasteiger partial charge in [0.25, 0.3) is 0 Å². The van der Waals surface area contributed by atoms with E-state index < -0.39 is 6.61 Å². The van der Waals surface area contributed by atoms with E-state index in [4.69, 9.17) is 16.3 Å². The number of rotatable bonds is 6. The molecule has 6 nitrogen and oxygen atoms in total. The molecular formula is C16H13ClF2N4O2. The van der Waals surface area contributed by atoms with E-state index in [1.807, 2.05) is 19.1 Å². The monoisotopic (exact) mass is 366 g/mol. The molecule has 25 heavy (non-hydrogen) atoms. The van der Waals surface area contributed by atoms with Gasteiger partial charge in [-0.1, -0.05) is 22.9 Å². The number of hydrogen-bond donors (Lipinski definition) is 0. The fourth-order valence-corrected chi connectivity index (χ4v) is 2.24. The number of halogens is 3. The molecule has 0 N–H and O–H groups in total. The van der Waals surface area contributed by atoms with E-state index in [1.54, 1.807) is 18.5 Å². The predicted octanol–water partition coefficient (Wildman–Crippen LogP) is 3.80. The molecule has 0 aliphatic rings. The molecule has 3 rings (SSSR count). The largest absolute Gasteiger partial charge is 0.471 e. The molecule has 3 aromatic rings. The van der Waals surface area contributed by atoms with Crippen molar-refractivity contribution in [1.29, 1.82) is 0 Å². The second-order valence-electron chi connectivity index (χ2n) is 5.06. The average molecular weight is 367 g/mol. The quantitative estimate of drug-likeness (QED) is 0.664. The molecule has 9 heteroatoms. The van der Waals surface area contributed by atoms with Gasteiger partial charge in [0.2, 0.25) is 5.88 Å². The summed E-state index contributed by atoms with van der Waals surface area (Å²) in [6.07, 6.45) is 3.26. The van der Waals surface area contributed by atoms with Crippen molar-refractivity contribution in [1.82, 2.24) is 20.0 Å². The van der Waals surface area contributed by atoms with Gasteiger partial charge in [-0.2, -0.15) is 8.78 Å². The van der Waals surface area contributed by atoms with Gasteiger partial charge in [-0.25, -0.2) is 9.67 Å². The Morgan fingerprint density at radius 3 is 2.88 bits per heavy atom. The van der Waals surface area contributed by atoms with Crippen LogP contribution in [0, 0.1) is 6.92 Å². The Kier molecular flexibility index (Phi) is 5.08. The highest BCUT2D eigenvalue weighted by molar-refractivity contribution is 6.32. The highest BCUT2D eigenvalue weighted by Gasteiger charge is 2.12. The lowest BCUT2D eigenvalue weighted by molar-refractivity contribution is -0.0497. The second kappa shape index (κ2) is 7.43. The molecule has 2 aromatic heterocycles. The van der Waals surface area contributed by atoms with E-state index in [2.05, 4.69) is 20.0 Å². The first kappa shape index (κ1) is 17.1. The normalized spacial score (nSPS) is 10.9. The molecule has 0 unspecified atom stereocenters. The molecule has 0 amide bonds. The van der Waals surface area contributed by atoms with Gasteiger partial charge in [-0.05, 0) is 25.1 Å². The van der Waals surface area contributed by atoms with Crippen LogP contribution >= 0.6 is 11.6 Å². The van der Waals surface area contributed by atoms with E-state index in [0.29, 0.717) is 17.3 Å². The van der Waals surface area contributed by atoms with Crippen LogP contribution < -0.4 is 9.47 Å². The van der Waals surface area contributed by atoms with E-state index >= 15 is 0 Å². The van der Waals surface area contributed by atoms with Crippen LogP contribution in [0.3, 0.4) is 0 Å². The molecule has 0 saturated carbocycles. The summed E-state index contributed by atoms with van der Waals surface area (Å²) in [5.74, 6) is 0.378. The molecule has 0 radical (unpaired) electrons. The summed E-state index contributed by atoms with van der Waals surface area (Å²) in [4.78, 5) is 4.13. The maximum absolute atomic E-state index is 12.4. The van der Waals surface area contributed by atoms with Crippen molar-refractivity contribution in [3.8, 4) is 17.3 Å². The third-order valence-corrected chi connectivity index (χ3v) is 3.57. The molecule has 0 bridgehead atoms. The zero-order valence-corrected chi connectivity index (χ0v) is 13.8. The number of pyridine rings is 1. The van der Waals surface area contributed by atoms with Crippen LogP contribution in [0.15, 0.2) is 42.7 Å². The summed E-state index contributed by atoms with van der Waals surface area (Å²) < 4.78 is 36.2. The molecule has 2 heterocycles. The second-order valence-corrected chi connectivity index (χ2v) is 5.47. The Hall–Kier alpha value is -2.74. The first-order valence-corrected chi connectivity index (χ1v) is 7.61. The van der Waals surface area contributed by atoms with Crippen molar-refractivity contribution in [3.63, 3.8) is 0 Å². The molecule has 0 saturated heterocycles. The lowest BCUT2D eigenvalue weighted by atomic mass is 10.3. The summed E-state index contributed by atoms with van der Waals surface area (Å²) in [6.45, 7) is -0.905. The molecular weight excluding hydrogens is 354 g/mol. The topological polar surface area (TPSA) is 62.1 Å². The van der Waals surface area contributed by atoms with Crippen LogP contribution in [0.25, 0.3) is 5.69 Å². The van der Waals surface area contributed by atoms with Crippen LogP contribution in [0.5, 0.6) is 11.6 Å². The summed E-state index contributed by atoms with van der Waals surface area (Å²) in [6, 6.07) is 8.12. The first-order chi connectivity index (χ1) is 12.0. The smallest absolute Gasteiger partial charge is 0.387 e. The minimum absolute atomic E-state index is 0.0818. The minimum atomic E-state index is -2.96. The zero-order chi connectivity index (χ0) is 17.8. The number of ether oxygens (including phenoxy) is 2. The third kappa shape index (κ3) is 4.21. The molecule has 0 atom stereocenters. The molecule has 1 aromatic carbocycles. The van der Waals surface area contributed by atoms with Gasteiger partial charge in [-0.15, -0.1) is 5.10 Å². The third-order valence-electron chi connectivity index (χ3n) is 3.25. The van der Waals surface area contributed by atoms with Crippen molar-refractivity contribution < 1.29 is 18.3 Å². The number of aromatic nitrogens is 4. The number of alkyl halides is 2. The van der Waals surface area contributed by atoms with E-state index in [9.17, 15) is 8.78 Å². The lowest BCUT2D eigenvalue weighted by Gasteiger charge is -2.08. The van der Waals surface area contributed by atoms with Gasteiger partial charge in [0.15, 0.2) is 0 Å². The predicted molar refractivity (Wildman–Crippen MR) is 86.3 cm³/mol. The summed E-state index contributed by atoms with van der Waals surface area (Å²) in [5.41, 5.74) is 1.94. The Balaban J connectivity index is 1.74. The van der Waals surface area contributed by atoms with Crippen molar-refractivity contribution in [2.75, 3.05) is 0 Å². The van der Waals surface area contributed by atoms with Gasteiger partial charge in [0.1, 0.15) is 18.1 Å². The number of hydrogen-bond acceptors (Lipinski definition) is 5. The Morgan fingerprint density at radius 2 is 2.12 bits per heavy atom. The van der Waals surface area contributed by atoms with E-state index in [1.165, 1.54) is 16.8 Å². The fourth-order valence-electron chi connectivity index (χ4n) is 2.08. The van der Waals surface area contributed by atoms with Gasteiger partial charge < -0.3 is 9.47 Å².